The predicted octanol–water partition coefficient (Wildman–Crippen LogP) is 3.94. The van der Waals surface area contributed by atoms with Crippen molar-refractivity contribution in [3.8, 4) is 0 Å². The Labute approximate surface area is 108 Å². The molecule has 1 aliphatic rings. The summed E-state index contributed by atoms with van der Waals surface area (Å²) >= 11 is 0. The van der Waals surface area contributed by atoms with Gasteiger partial charge in [-0.05, 0) is 37.0 Å². The van der Waals surface area contributed by atoms with E-state index in [4.69, 9.17) is 0 Å². The Morgan fingerprint density at radius 3 is 3.22 bits per heavy atom. The minimum absolute atomic E-state index is 0.646. The van der Waals surface area contributed by atoms with E-state index in [2.05, 4.69) is 40.6 Å². The first-order valence-electron chi connectivity index (χ1n) is 7.05. The molecule has 1 saturated carbocycles. The second-order valence-corrected chi connectivity index (χ2v) is 5.45. The molecule has 0 bridgehead atoms. The average molecular weight is 243 g/mol. The summed E-state index contributed by atoms with van der Waals surface area (Å²) in [5.41, 5.74) is 2.33. The van der Waals surface area contributed by atoms with Crippen LogP contribution in [0.3, 0.4) is 0 Å². The molecule has 0 saturated heterocycles. The molecule has 0 radical (unpaired) electrons. The van der Waals surface area contributed by atoms with Crippen molar-refractivity contribution in [1.29, 1.82) is 0 Å². The number of nitrogens with one attached hydrogen (secondary N) is 2. The summed E-state index contributed by atoms with van der Waals surface area (Å²) in [4.78, 5) is 0. The van der Waals surface area contributed by atoms with Crippen LogP contribution in [0.1, 0.15) is 39.0 Å². The number of benzene rings is 1. The van der Waals surface area contributed by atoms with E-state index >= 15 is 0 Å². The zero-order chi connectivity index (χ0) is 12.4. The molecule has 3 rings (SSSR count). The minimum Gasteiger partial charge on any atom is -0.382 e. The van der Waals surface area contributed by atoms with E-state index in [1.54, 1.807) is 0 Å². The molecule has 1 aliphatic carbocycles. The molecule has 96 valence electrons. The number of H-pyrrole nitrogens is 1. The van der Waals surface area contributed by atoms with Crippen LogP contribution in [0.4, 0.5) is 5.69 Å². The van der Waals surface area contributed by atoms with Gasteiger partial charge in [-0.15, -0.1) is 0 Å². The van der Waals surface area contributed by atoms with Gasteiger partial charge in [0, 0.05) is 17.1 Å². The summed E-state index contributed by atoms with van der Waals surface area (Å²) in [7, 11) is 0. The van der Waals surface area contributed by atoms with Gasteiger partial charge in [0.15, 0.2) is 0 Å². The lowest BCUT2D eigenvalue weighted by Crippen LogP contribution is -2.26. The second-order valence-electron chi connectivity index (χ2n) is 5.45. The molecule has 2 aromatic rings. The quantitative estimate of drug-likeness (QED) is 0.857. The Balaban J connectivity index is 1.71. The van der Waals surface area contributed by atoms with Crippen LogP contribution in [-0.2, 0) is 0 Å². The second kappa shape index (κ2) is 5.01. The Kier molecular flexibility index (Phi) is 3.22. The average Bonchev–Trinajstić information content (AvgIpc) is 2.86. The van der Waals surface area contributed by atoms with Gasteiger partial charge >= 0.3 is 0 Å². The molecule has 2 N–H and O–H groups in total. The fourth-order valence-corrected chi connectivity index (χ4v) is 3.06. The standard InChI is InChI=1S/C15H21N3/c1-2-11-4-3-5-13(8-11)17-14-6-7-15-12(9-14)10-16-18-15/h6-7,9-11,13,17H,2-5,8H2,1H3,(H,16,18). The van der Waals surface area contributed by atoms with Crippen LogP contribution < -0.4 is 5.32 Å². The number of aromatic nitrogens is 2. The third kappa shape index (κ3) is 2.35. The predicted molar refractivity (Wildman–Crippen MR) is 75.8 cm³/mol. The first-order valence-corrected chi connectivity index (χ1v) is 7.05. The van der Waals surface area contributed by atoms with Crippen LogP contribution >= 0.6 is 0 Å². The summed E-state index contributed by atoms with van der Waals surface area (Å²) in [6.45, 7) is 2.31. The molecule has 2 atom stereocenters. The van der Waals surface area contributed by atoms with Gasteiger partial charge in [0.25, 0.3) is 0 Å². The van der Waals surface area contributed by atoms with Crippen molar-refractivity contribution in [2.24, 2.45) is 5.92 Å². The highest BCUT2D eigenvalue weighted by molar-refractivity contribution is 5.81. The molecule has 2 unspecified atom stereocenters. The van der Waals surface area contributed by atoms with E-state index in [0.717, 1.165) is 11.4 Å². The lowest BCUT2D eigenvalue weighted by molar-refractivity contribution is 0.327. The van der Waals surface area contributed by atoms with Crippen LogP contribution in [0, 0.1) is 5.92 Å². The van der Waals surface area contributed by atoms with Crippen molar-refractivity contribution in [3.63, 3.8) is 0 Å². The van der Waals surface area contributed by atoms with Crippen LogP contribution in [0.25, 0.3) is 10.9 Å². The molecule has 1 fully saturated rings. The fourth-order valence-electron chi connectivity index (χ4n) is 3.06. The largest absolute Gasteiger partial charge is 0.382 e. The van der Waals surface area contributed by atoms with Crippen molar-refractivity contribution < 1.29 is 0 Å². The Morgan fingerprint density at radius 2 is 2.33 bits per heavy atom. The highest BCUT2D eigenvalue weighted by Gasteiger charge is 2.20. The number of anilines is 1. The van der Waals surface area contributed by atoms with Crippen molar-refractivity contribution in [2.75, 3.05) is 5.32 Å². The van der Waals surface area contributed by atoms with E-state index in [9.17, 15) is 0 Å². The number of fused-ring (bicyclic) bond motifs is 1. The fraction of sp³-hybridized carbons (Fsp3) is 0.533. The molecular formula is C15H21N3. The van der Waals surface area contributed by atoms with Crippen LogP contribution in [0.2, 0.25) is 0 Å². The maximum atomic E-state index is 4.06. The maximum Gasteiger partial charge on any atom is 0.0651 e. The molecule has 0 amide bonds. The van der Waals surface area contributed by atoms with Crippen molar-refractivity contribution in [1.82, 2.24) is 10.2 Å². The van der Waals surface area contributed by atoms with E-state index in [-0.39, 0.29) is 0 Å². The summed E-state index contributed by atoms with van der Waals surface area (Å²) in [6, 6.07) is 7.09. The highest BCUT2D eigenvalue weighted by Crippen LogP contribution is 2.29. The lowest BCUT2D eigenvalue weighted by atomic mass is 9.84. The maximum absolute atomic E-state index is 4.06. The topological polar surface area (TPSA) is 40.7 Å². The van der Waals surface area contributed by atoms with E-state index < -0.39 is 0 Å². The molecule has 1 aromatic heterocycles. The molecule has 3 nitrogen and oxygen atoms in total. The van der Waals surface area contributed by atoms with Crippen molar-refractivity contribution in [2.45, 2.75) is 45.1 Å². The molecule has 18 heavy (non-hydrogen) atoms. The van der Waals surface area contributed by atoms with Crippen molar-refractivity contribution >= 4 is 16.6 Å². The zero-order valence-corrected chi connectivity index (χ0v) is 10.9. The van der Waals surface area contributed by atoms with Crippen molar-refractivity contribution in [3.05, 3.63) is 24.4 Å². The third-order valence-corrected chi connectivity index (χ3v) is 4.17. The first kappa shape index (κ1) is 11.6. The molecule has 0 aliphatic heterocycles. The number of hydrogen-bond acceptors (Lipinski definition) is 2. The van der Waals surface area contributed by atoms with E-state index in [1.807, 2.05) is 6.20 Å². The Bertz CT molecular complexity index is 517. The number of hydrogen-bond donors (Lipinski definition) is 2. The Morgan fingerprint density at radius 1 is 1.39 bits per heavy atom. The van der Waals surface area contributed by atoms with Gasteiger partial charge < -0.3 is 5.32 Å². The normalized spacial score (nSPS) is 24.3. The monoisotopic (exact) mass is 243 g/mol. The summed E-state index contributed by atoms with van der Waals surface area (Å²) in [5.74, 6) is 0.911. The van der Waals surface area contributed by atoms with Gasteiger partial charge in [-0.2, -0.15) is 5.10 Å². The van der Waals surface area contributed by atoms with Gasteiger partial charge in [-0.3, -0.25) is 5.10 Å². The van der Waals surface area contributed by atoms with Crippen LogP contribution in [0.5, 0.6) is 0 Å². The number of aromatic amines is 1. The first-order chi connectivity index (χ1) is 8.85. The van der Waals surface area contributed by atoms with Gasteiger partial charge in [0.05, 0.1) is 11.7 Å². The third-order valence-electron chi connectivity index (χ3n) is 4.17. The molecule has 1 aromatic carbocycles. The number of rotatable bonds is 3. The van der Waals surface area contributed by atoms with E-state index in [0.29, 0.717) is 6.04 Å². The van der Waals surface area contributed by atoms with E-state index in [1.165, 1.54) is 43.2 Å². The van der Waals surface area contributed by atoms with Gasteiger partial charge in [-0.1, -0.05) is 26.2 Å². The zero-order valence-electron chi connectivity index (χ0n) is 10.9. The lowest BCUT2D eigenvalue weighted by Gasteiger charge is -2.29. The molecule has 0 spiro atoms. The minimum atomic E-state index is 0.646. The van der Waals surface area contributed by atoms with Gasteiger partial charge in [0.1, 0.15) is 0 Å². The molecular weight excluding hydrogens is 222 g/mol. The molecule has 1 heterocycles. The molecule has 3 heteroatoms. The summed E-state index contributed by atoms with van der Waals surface area (Å²) in [5, 5.41) is 11.9. The number of nitrogens with zero attached hydrogens (tertiary/aromatic N) is 1. The Hall–Kier alpha value is -1.51. The van der Waals surface area contributed by atoms with Gasteiger partial charge in [-0.25, -0.2) is 0 Å². The van der Waals surface area contributed by atoms with Crippen LogP contribution in [0.15, 0.2) is 24.4 Å². The summed E-state index contributed by atoms with van der Waals surface area (Å²) in [6.07, 6.45) is 8.61. The van der Waals surface area contributed by atoms with Gasteiger partial charge in [0.2, 0.25) is 0 Å². The highest BCUT2D eigenvalue weighted by atomic mass is 15.1. The SMILES string of the molecule is CCC1CCCC(Nc2ccc3[nH]ncc3c2)C1. The smallest absolute Gasteiger partial charge is 0.0651 e. The van der Waals surface area contributed by atoms with Crippen LogP contribution in [-0.4, -0.2) is 16.2 Å². The summed E-state index contributed by atoms with van der Waals surface area (Å²) < 4.78 is 0.